The molecule has 0 bridgehead atoms. The summed E-state index contributed by atoms with van der Waals surface area (Å²) in [5.74, 6) is 0.725. The van der Waals surface area contributed by atoms with Crippen LogP contribution in [-0.4, -0.2) is 17.8 Å². The smallest absolute Gasteiger partial charge is 0.133 e. The predicted molar refractivity (Wildman–Crippen MR) is 36.1 cm³/mol. The molecule has 0 heterocycles. The molecule has 1 nitrogen and oxygen atoms in total. The summed E-state index contributed by atoms with van der Waals surface area (Å²) in [5.41, 5.74) is 0. The molecule has 0 aromatic heterocycles. The van der Waals surface area contributed by atoms with E-state index in [0.717, 1.165) is 12.2 Å². The molecular weight excluding hydrogens is 120 g/mol. The maximum atomic E-state index is 10.2. The van der Waals surface area contributed by atoms with Crippen molar-refractivity contribution in [2.75, 3.05) is 6.26 Å². The van der Waals surface area contributed by atoms with E-state index in [-0.39, 0.29) is 0 Å². The summed E-state index contributed by atoms with van der Waals surface area (Å²) in [6.07, 6.45) is 5.61. The van der Waals surface area contributed by atoms with Crippen LogP contribution in [0, 0.1) is 5.92 Å². The van der Waals surface area contributed by atoms with Crippen LogP contribution in [0.1, 0.15) is 12.8 Å². The van der Waals surface area contributed by atoms with Gasteiger partial charge in [0.05, 0.1) is 5.25 Å². The zero-order chi connectivity index (χ0) is 5.98. The first-order valence-electron chi connectivity index (χ1n) is 2.86. The van der Waals surface area contributed by atoms with E-state index in [4.69, 9.17) is 0 Å². The highest BCUT2D eigenvalue weighted by atomic mass is 32.2. The van der Waals surface area contributed by atoms with Crippen LogP contribution in [0.4, 0.5) is 0 Å². The van der Waals surface area contributed by atoms with Crippen molar-refractivity contribution in [3.63, 3.8) is 0 Å². The zero-order valence-electron chi connectivity index (χ0n) is 4.96. The number of hydrogen-bond donors (Lipinski definition) is 0. The number of hydrogen-bond acceptors (Lipinski definition) is 2. The van der Waals surface area contributed by atoms with E-state index >= 15 is 0 Å². The molecule has 0 radical (unpaired) electrons. The van der Waals surface area contributed by atoms with E-state index in [1.54, 1.807) is 11.8 Å². The molecule has 1 rings (SSSR count). The third-order valence-corrected chi connectivity index (χ3v) is 2.53. The maximum Gasteiger partial charge on any atom is 0.133 e. The van der Waals surface area contributed by atoms with Gasteiger partial charge in [-0.3, -0.25) is 0 Å². The second kappa shape index (κ2) is 2.53. The fourth-order valence-electron chi connectivity index (χ4n) is 0.784. The summed E-state index contributed by atoms with van der Waals surface area (Å²) in [5, 5.41) is 0.301. The molecule has 1 unspecified atom stereocenters. The predicted octanol–water partition coefficient (Wildman–Crippen LogP) is 1.33. The highest BCUT2D eigenvalue weighted by molar-refractivity contribution is 7.99. The van der Waals surface area contributed by atoms with Crippen LogP contribution in [0.2, 0.25) is 0 Å². The minimum absolute atomic E-state index is 0.301. The Morgan fingerprint density at radius 3 is 2.50 bits per heavy atom. The molecule has 1 fully saturated rings. The number of thioether (sulfide) groups is 1. The molecule has 2 heteroatoms. The van der Waals surface area contributed by atoms with Crippen LogP contribution in [0.3, 0.4) is 0 Å². The van der Waals surface area contributed by atoms with Crippen LogP contribution in [0.5, 0.6) is 0 Å². The Balaban J connectivity index is 2.25. The molecule has 0 aromatic rings. The standard InChI is InChI=1S/C6H10OS/c1-8-6(4-7)5-2-3-5/h4-6H,2-3H2,1H3. The average molecular weight is 130 g/mol. The maximum absolute atomic E-state index is 10.2. The second-order valence-electron chi connectivity index (χ2n) is 2.17. The average Bonchev–Trinajstić information content (AvgIpc) is 2.53. The fourth-order valence-corrected chi connectivity index (χ4v) is 1.55. The van der Waals surface area contributed by atoms with Gasteiger partial charge in [-0.2, -0.15) is 11.8 Å². The monoisotopic (exact) mass is 130 g/mol. The van der Waals surface area contributed by atoms with Crippen molar-refractivity contribution in [3.05, 3.63) is 0 Å². The Labute approximate surface area is 53.8 Å². The molecule has 0 aromatic carbocycles. The Hall–Kier alpha value is 0.0200. The first-order valence-corrected chi connectivity index (χ1v) is 4.15. The fraction of sp³-hybridized carbons (Fsp3) is 0.833. The lowest BCUT2D eigenvalue weighted by molar-refractivity contribution is -0.107. The van der Waals surface area contributed by atoms with E-state index in [0.29, 0.717) is 5.25 Å². The molecule has 0 amide bonds. The molecule has 46 valence electrons. The lowest BCUT2D eigenvalue weighted by Crippen LogP contribution is -2.04. The van der Waals surface area contributed by atoms with Gasteiger partial charge < -0.3 is 4.79 Å². The summed E-state index contributed by atoms with van der Waals surface area (Å²) in [6.45, 7) is 0. The van der Waals surface area contributed by atoms with Crippen LogP contribution in [-0.2, 0) is 4.79 Å². The van der Waals surface area contributed by atoms with Crippen LogP contribution in [0.15, 0.2) is 0 Å². The lowest BCUT2D eigenvalue weighted by atomic mass is 10.3. The van der Waals surface area contributed by atoms with Crippen molar-refractivity contribution in [2.45, 2.75) is 18.1 Å². The van der Waals surface area contributed by atoms with Crippen molar-refractivity contribution in [3.8, 4) is 0 Å². The molecule has 8 heavy (non-hydrogen) atoms. The van der Waals surface area contributed by atoms with Gasteiger partial charge in [0.25, 0.3) is 0 Å². The summed E-state index contributed by atoms with van der Waals surface area (Å²) < 4.78 is 0. The third-order valence-electron chi connectivity index (χ3n) is 1.49. The number of carbonyl (C=O) groups is 1. The van der Waals surface area contributed by atoms with E-state index in [9.17, 15) is 4.79 Å². The molecule has 0 saturated heterocycles. The van der Waals surface area contributed by atoms with E-state index in [1.807, 2.05) is 6.26 Å². The minimum atomic E-state index is 0.301. The second-order valence-corrected chi connectivity index (χ2v) is 3.19. The van der Waals surface area contributed by atoms with Crippen LogP contribution < -0.4 is 0 Å². The van der Waals surface area contributed by atoms with Crippen molar-refractivity contribution < 1.29 is 4.79 Å². The SMILES string of the molecule is CSC(C=O)C1CC1. The number of aldehydes is 1. The minimum Gasteiger partial charge on any atom is -0.302 e. The molecule has 0 N–H and O–H groups in total. The Bertz CT molecular complexity index is 88.5. The van der Waals surface area contributed by atoms with Gasteiger partial charge in [0, 0.05) is 0 Å². The van der Waals surface area contributed by atoms with Crippen molar-refractivity contribution in [2.24, 2.45) is 5.92 Å². The van der Waals surface area contributed by atoms with Gasteiger partial charge in [-0.05, 0) is 25.0 Å². The topological polar surface area (TPSA) is 17.1 Å². The van der Waals surface area contributed by atoms with Crippen molar-refractivity contribution in [1.29, 1.82) is 0 Å². The molecule has 0 spiro atoms. The quantitative estimate of drug-likeness (QED) is 0.536. The Kier molecular flexibility index (Phi) is 1.95. The lowest BCUT2D eigenvalue weighted by Gasteiger charge is -2.00. The first-order chi connectivity index (χ1) is 3.88. The highest BCUT2D eigenvalue weighted by Crippen LogP contribution is 2.36. The Morgan fingerprint density at radius 2 is 2.38 bits per heavy atom. The molecule has 1 aliphatic rings. The molecule has 1 saturated carbocycles. The van der Waals surface area contributed by atoms with E-state index in [1.165, 1.54) is 12.8 Å². The summed E-state index contributed by atoms with van der Waals surface area (Å²) >= 11 is 1.67. The molecular formula is C6H10OS. The third kappa shape index (κ3) is 1.25. The largest absolute Gasteiger partial charge is 0.302 e. The molecule has 1 aliphatic carbocycles. The molecule has 1 atom stereocenters. The van der Waals surface area contributed by atoms with Crippen LogP contribution in [0.25, 0.3) is 0 Å². The van der Waals surface area contributed by atoms with Gasteiger partial charge in [0.15, 0.2) is 0 Å². The van der Waals surface area contributed by atoms with Gasteiger partial charge >= 0.3 is 0 Å². The van der Waals surface area contributed by atoms with Gasteiger partial charge in [-0.1, -0.05) is 0 Å². The van der Waals surface area contributed by atoms with E-state index in [2.05, 4.69) is 0 Å². The van der Waals surface area contributed by atoms with Crippen LogP contribution >= 0.6 is 11.8 Å². The zero-order valence-corrected chi connectivity index (χ0v) is 5.78. The highest BCUT2D eigenvalue weighted by Gasteiger charge is 2.29. The summed E-state index contributed by atoms with van der Waals surface area (Å²) in [4.78, 5) is 10.2. The number of rotatable bonds is 3. The van der Waals surface area contributed by atoms with Crippen molar-refractivity contribution in [1.82, 2.24) is 0 Å². The van der Waals surface area contributed by atoms with E-state index < -0.39 is 0 Å². The van der Waals surface area contributed by atoms with Crippen molar-refractivity contribution >= 4 is 18.0 Å². The molecule has 0 aliphatic heterocycles. The van der Waals surface area contributed by atoms with Gasteiger partial charge in [-0.25, -0.2) is 0 Å². The number of carbonyl (C=O) groups excluding carboxylic acids is 1. The van der Waals surface area contributed by atoms with Gasteiger partial charge in [0.1, 0.15) is 6.29 Å². The summed E-state index contributed by atoms with van der Waals surface area (Å²) in [7, 11) is 0. The van der Waals surface area contributed by atoms with Gasteiger partial charge in [-0.15, -0.1) is 0 Å². The first kappa shape index (κ1) is 6.14. The normalized spacial score (nSPS) is 22.6. The van der Waals surface area contributed by atoms with Gasteiger partial charge in [0.2, 0.25) is 0 Å². The Morgan fingerprint density at radius 1 is 1.75 bits per heavy atom. The summed E-state index contributed by atoms with van der Waals surface area (Å²) in [6, 6.07) is 0.